The number of aromatic carboxylic acids is 1. The van der Waals surface area contributed by atoms with Crippen LogP contribution in [0.1, 0.15) is 41.4 Å². The molecule has 3 rings (SSSR count). The zero-order chi connectivity index (χ0) is 15.1. The van der Waals surface area contributed by atoms with Crippen molar-refractivity contribution in [1.29, 1.82) is 0 Å². The SMILES string of the molecule is CC(C)c1cccc2c1OCCc1c(C(=O)O)nn(C)c1-2. The van der Waals surface area contributed by atoms with Gasteiger partial charge in [-0.05, 0) is 17.5 Å². The van der Waals surface area contributed by atoms with Crippen LogP contribution < -0.4 is 4.74 Å². The van der Waals surface area contributed by atoms with Crippen molar-refractivity contribution in [2.75, 3.05) is 6.61 Å². The van der Waals surface area contributed by atoms with Gasteiger partial charge < -0.3 is 9.84 Å². The molecule has 0 spiro atoms. The minimum atomic E-state index is -0.990. The fraction of sp³-hybridized carbons (Fsp3) is 0.375. The van der Waals surface area contributed by atoms with Gasteiger partial charge in [-0.1, -0.05) is 26.0 Å². The highest BCUT2D eigenvalue weighted by Crippen LogP contribution is 2.40. The Hall–Kier alpha value is -2.30. The molecule has 110 valence electrons. The molecular weight excluding hydrogens is 268 g/mol. The van der Waals surface area contributed by atoms with Crippen LogP contribution in [0.5, 0.6) is 5.75 Å². The average molecular weight is 286 g/mol. The molecule has 2 aromatic rings. The fourth-order valence-corrected chi connectivity index (χ4v) is 2.93. The number of para-hydroxylation sites is 1. The first-order valence-electron chi connectivity index (χ1n) is 7.06. The van der Waals surface area contributed by atoms with Gasteiger partial charge in [-0.15, -0.1) is 0 Å². The molecule has 5 heteroatoms. The summed E-state index contributed by atoms with van der Waals surface area (Å²) in [6, 6.07) is 6.02. The van der Waals surface area contributed by atoms with Crippen molar-refractivity contribution in [2.24, 2.45) is 7.05 Å². The van der Waals surface area contributed by atoms with E-state index in [1.807, 2.05) is 12.1 Å². The van der Waals surface area contributed by atoms with Gasteiger partial charge in [0.05, 0.1) is 12.3 Å². The molecule has 5 nitrogen and oxygen atoms in total. The van der Waals surface area contributed by atoms with E-state index >= 15 is 0 Å². The van der Waals surface area contributed by atoms with Gasteiger partial charge in [0.25, 0.3) is 0 Å². The zero-order valence-electron chi connectivity index (χ0n) is 12.4. The third-order valence-corrected chi connectivity index (χ3v) is 3.87. The Bertz CT molecular complexity index is 717. The van der Waals surface area contributed by atoms with Crippen LogP contribution in [0.2, 0.25) is 0 Å². The number of rotatable bonds is 2. The van der Waals surface area contributed by atoms with E-state index in [1.165, 1.54) is 0 Å². The number of carboxylic acid groups (broad SMARTS) is 1. The van der Waals surface area contributed by atoms with Crippen LogP contribution in [-0.2, 0) is 13.5 Å². The second-order valence-electron chi connectivity index (χ2n) is 5.58. The van der Waals surface area contributed by atoms with Crippen molar-refractivity contribution in [3.63, 3.8) is 0 Å². The summed E-state index contributed by atoms with van der Waals surface area (Å²) in [6.07, 6.45) is 0.553. The van der Waals surface area contributed by atoms with Gasteiger partial charge in [0.2, 0.25) is 0 Å². The fourth-order valence-electron chi connectivity index (χ4n) is 2.93. The van der Waals surface area contributed by atoms with E-state index in [0.717, 1.165) is 28.1 Å². The Morgan fingerprint density at radius 1 is 1.43 bits per heavy atom. The summed E-state index contributed by atoms with van der Waals surface area (Å²) in [6.45, 7) is 4.71. The van der Waals surface area contributed by atoms with Crippen LogP contribution in [0.25, 0.3) is 11.3 Å². The molecule has 1 N–H and O–H groups in total. The summed E-state index contributed by atoms with van der Waals surface area (Å²) in [5.74, 6) is 0.204. The van der Waals surface area contributed by atoms with Crippen LogP contribution in [0.4, 0.5) is 0 Å². The monoisotopic (exact) mass is 286 g/mol. The molecule has 0 saturated carbocycles. The number of carboxylic acids is 1. The van der Waals surface area contributed by atoms with Crippen molar-refractivity contribution < 1.29 is 14.6 Å². The number of aryl methyl sites for hydroxylation is 1. The van der Waals surface area contributed by atoms with Crippen molar-refractivity contribution in [3.8, 4) is 17.0 Å². The summed E-state index contributed by atoms with van der Waals surface area (Å²) >= 11 is 0. The molecule has 0 aliphatic carbocycles. The van der Waals surface area contributed by atoms with Crippen LogP contribution in [0, 0.1) is 0 Å². The standard InChI is InChI=1S/C16H18N2O3/c1-9(2)10-5-4-6-12-14-11(7-8-21-15(10)12)13(16(19)20)17-18(14)3/h4-6,9H,7-8H2,1-3H3,(H,19,20). The number of hydrogen-bond donors (Lipinski definition) is 1. The maximum Gasteiger partial charge on any atom is 0.356 e. The average Bonchev–Trinajstić information content (AvgIpc) is 2.64. The highest BCUT2D eigenvalue weighted by molar-refractivity contribution is 5.90. The Morgan fingerprint density at radius 3 is 2.86 bits per heavy atom. The number of ether oxygens (including phenoxy) is 1. The predicted molar refractivity (Wildman–Crippen MR) is 78.9 cm³/mol. The summed E-state index contributed by atoms with van der Waals surface area (Å²) in [7, 11) is 1.78. The molecule has 1 aromatic carbocycles. The van der Waals surface area contributed by atoms with Crippen molar-refractivity contribution in [1.82, 2.24) is 9.78 Å². The summed E-state index contributed by atoms with van der Waals surface area (Å²) in [5, 5.41) is 13.5. The third-order valence-electron chi connectivity index (χ3n) is 3.87. The largest absolute Gasteiger partial charge is 0.492 e. The smallest absolute Gasteiger partial charge is 0.356 e. The Labute approximate surface area is 123 Å². The summed E-state index contributed by atoms with van der Waals surface area (Å²) in [4.78, 5) is 11.4. The molecule has 0 amide bonds. The minimum Gasteiger partial charge on any atom is -0.492 e. The molecule has 0 atom stereocenters. The van der Waals surface area contributed by atoms with Gasteiger partial charge in [0, 0.05) is 24.6 Å². The van der Waals surface area contributed by atoms with Crippen molar-refractivity contribution >= 4 is 5.97 Å². The van der Waals surface area contributed by atoms with E-state index in [-0.39, 0.29) is 5.69 Å². The second kappa shape index (κ2) is 4.91. The van der Waals surface area contributed by atoms with Crippen LogP contribution >= 0.6 is 0 Å². The number of fused-ring (bicyclic) bond motifs is 3. The number of hydrogen-bond acceptors (Lipinski definition) is 3. The lowest BCUT2D eigenvalue weighted by Gasteiger charge is -2.16. The van der Waals surface area contributed by atoms with Gasteiger partial charge in [-0.25, -0.2) is 4.79 Å². The van der Waals surface area contributed by atoms with Crippen LogP contribution in [-0.4, -0.2) is 27.5 Å². The lowest BCUT2D eigenvalue weighted by molar-refractivity contribution is 0.0688. The molecule has 0 bridgehead atoms. The van der Waals surface area contributed by atoms with Gasteiger partial charge in [-0.3, -0.25) is 4.68 Å². The predicted octanol–water partition coefficient (Wildman–Crippen LogP) is 2.84. The summed E-state index contributed by atoms with van der Waals surface area (Å²) < 4.78 is 7.59. The first-order valence-corrected chi connectivity index (χ1v) is 7.06. The molecule has 1 aromatic heterocycles. The highest BCUT2D eigenvalue weighted by atomic mass is 16.5. The second-order valence-corrected chi connectivity index (χ2v) is 5.58. The van der Waals surface area contributed by atoms with Gasteiger partial charge in [0.1, 0.15) is 5.75 Å². The van der Waals surface area contributed by atoms with Crippen LogP contribution in [0.15, 0.2) is 18.2 Å². The van der Waals surface area contributed by atoms with Gasteiger partial charge >= 0.3 is 5.97 Å². The zero-order valence-corrected chi connectivity index (χ0v) is 12.4. The molecule has 0 unspecified atom stereocenters. The Kier molecular flexibility index (Phi) is 3.20. The maximum atomic E-state index is 11.4. The van der Waals surface area contributed by atoms with Crippen LogP contribution in [0.3, 0.4) is 0 Å². The number of carbonyl (C=O) groups is 1. The van der Waals surface area contributed by atoms with E-state index in [0.29, 0.717) is 18.9 Å². The van der Waals surface area contributed by atoms with Crippen molar-refractivity contribution in [2.45, 2.75) is 26.2 Å². The molecule has 1 aliphatic heterocycles. The molecule has 0 radical (unpaired) electrons. The number of nitrogens with zero attached hydrogens (tertiary/aromatic N) is 2. The molecule has 1 aliphatic rings. The Balaban J connectivity index is 2.30. The van der Waals surface area contributed by atoms with E-state index in [4.69, 9.17) is 4.74 Å². The highest BCUT2D eigenvalue weighted by Gasteiger charge is 2.27. The number of aromatic nitrogens is 2. The lowest BCUT2D eigenvalue weighted by atomic mass is 9.96. The topological polar surface area (TPSA) is 64.3 Å². The van der Waals surface area contributed by atoms with E-state index in [9.17, 15) is 9.90 Å². The lowest BCUT2D eigenvalue weighted by Crippen LogP contribution is -2.06. The van der Waals surface area contributed by atoms with E-state index in [1.54, 1.807) is 11.7 Å². The normalized spacial score (nSPS) is 13.3. The molecule has 2 heterocycles. The maximum absolute atomic E-state index is 11.4. The van der Waals surface area contributed by atoms with Gasteiger partial charge in [0.15, 0.2) is 5.69 Å². The van der Waals surface area contributed by atoms with Gasteiger partial charge in [-0.2, -0.15) is 5.10 Å². The first kappa shape index (κ1) is 13.7. The minimum absolute atomic E-state index is 0.124. The van der Waals surface area contributed by atoms with Crippen molar-refractivity contribution in [3.05, 3.63) is 35.0 Å². The number of benzene rings is 1. The molecular formula is C16H18N2O3. The molecule has 21 heavy (non-hydrogen) atoms. The quantitative estimate of drug-likeness (QED) is 0.922. The Morgan fingerprint density at radius 2 is 2.19 bits per heavy atom. The van der Waals surface area contributed by atoms with E-state index in [2.05, 4.69) is 25.0 Å². The molecule has 0 fully saturated rings. The van der Waals surface area contributed by atoms with E-state index < -0.39 is 5.97 Å². The molecule has 0 saturated heterocycles. The first-order chi connectivity index (χ1) is 10.0. The summed E-state index contributed by atoms with van der Waals surface area (Å²) in [5.41, 5.74) is 3.79. The third kappa shape index (κ3) is 2.09.